The number of rotatable bonds is 3. The minimum Gasteiger partial charge on any atom is -0.353 e. The van der Waals surface area contributed by atoms with E-state index in [4.69, 9.17) is 1.37 Å². The molecule has 68 valence electrons. The Morgan fingerprint density at radius 3 is 3.00 bits per heavy atom. The van der Waals surface area contributed by atoms with Crippen molar-refractivity contribution in [2.45, 2.75) is 6.90 Å². The summed E-state index contributed by atoms with van der Waals surface area (Å²) in [6.45, 7) is 0.614. The van der Waals surface area contributed by atoms with Gasteiger partial charge in [0.05, 0.1) is 0 Å². The van der Waals surface area contributed by atoms with E-state index in [1.54, 1.807) is 6.08 Å². The fourth-order valence-electron chi connectivity index (χ4n) is 0.918. The molecule has 0 unspecified atom stereocenters. The first kappa shape index (κ1) is 8.05. The van der Waals surface area contributed by atoms with Crippen LogP contribution >= 0.6 is 0 Å². The van der Waals surface area contributed by atoms with E-state index in [1.165, 1.54) is 6.08 Å². The Bertz CT molecular complexity index is 308. The lowest BCUT2D eigenvalue weighted by molar-refractivity contribution is -0.116. The summed E-state index contributed by atoms with van der Waals surface area (Å²) in [7, 11) is 0. The van der Waals surface area contributed by atoms with Gasteiger partial charge in [0.1, 0.15) is 0 Å². The van der Waals surface area contributed by atoms with E-state index in [2.05, 4.69) is 5.32 Å². The van der Waals surface area contributed by atoms with Crippen LogP contribution in [-0.4, -0.2) is 12.5 Å². The molecule has 0 aliphatic rings. The van der Waals surface area contributed by atoms with Crippen LogP contribution in [0, 0.1) is 0 Å². The second-order valence-corrected chi connectivity index (χ2v) is 2.54. The van der Waals surface area contributed by atoms with Gasteiger partial charge in [0.25, 0.3) is 0 Å². The van der Waals surface area contributed by atoms with Gasteiger partial charge in [-0.05, 0) is 18.5 Å². The Morgan fingerprint density at radius 2 is 2.31 bits per heavy atom. The van der Waals surface area contributed by atoms with E-state index >= 15 is 0 Å². The number of carbonyl (C=O) groups is 1. The average Bonchev–Trinajstić information content (AvgIpc) is 2.25. The zero-order valence-corrected chi connectivity index (χ0v) is 7.36. The number of benzene rings is 1. The van der Waals surface area contributed by atoms with E-state index in [0.29, 0.717) is 6.54 Å². The Morgan fingerprint density at radius 1 is 1.54 bits per heavy atom. The molecule has 0 saturated heterocycles. The smallest absolute Gasteiger partial charge is 0.243 e. The Labute approximate surface area is 79.7 Å². The highest BCUT2D eigenvalue weighted by atomic mass is 16.1. The zero-order chi connectivity index (χ0) is 10.2. The topological polar surface area (TPSA) is 29.1 Å². The van der Waals surface area contributed by atoms with Crippen molar-refractivity contribution < 1.29 is 6.17 Å². The number of hydrogen-bond acceptors (Lipinski definition) is 1. The maximum atomic E-state index is 11.1. The van der Waals surface area contributed by atoms with Gasteiger partial charge in [-0.15, -0.1) is 0 Å². The molecule has 1 rings (SSSR count). The van der Waals surface area contributed by atoms with Gasteiger partial charge in [0, 0.05) is 14.0 Å². The first-order valence-electron chi connectivity index (χ1n) is 4.84. The number of carbonyl (C=O) groups excluding carboxylic acids is 1. The lowest BCUT2D eigenvalue weighted by Gasteiger charge is -1.94. The lowest BCUT2D eigenvalue weighted by atomic mass is 10.2. The monoisotopic (exact) mass is 176 g/mol. The predicted molar refractivity (Wildman–Crippen MR) is 54.2 cm³/mol. The quantitative estimate of drug-likeness (QED) is 0.699. The van der Waals surface area contributed by atoms with Gasteiger partial charge in [0.15, 0.2) is 0 Å². The molecule has 0 saturated carbocycles. The van der Waals surface area contributed by atoms with Crippen molar-refractivity contribution in [2.24, 2.45) is 0 Å². The summed E-state index contributed by atoms with van der Waals surface area (Å²) < 4.78 is 6.85. The van der Waals surface area contributed by atoms with Crippen LogP contribution in [0.3, 0.4) is 0 Å². The van der Waals surface area contributed by atoms with E-state index < -0.39 is 0 Å². The molecule has 0 aliphatic carbocycles. The molecule has 0 radical (unpaired) electrons. The highest BCUT2D eigenvalue weighted by Gasteiger charge is 1.90. The molecule has 1 aromatic carbocycles. The van der Waals surface area contributed by atoms with Crippen LogP contribution in [-0.2, 0) is 4.79 Å². The van der Waals surface area contributed by atoms with Crippen molar-refractivity contribution in [2.75, 3.05) is 6.54 Å². The van der Waals surface area contributed by atoms with Gasteiger partial charge in [-0.1, -0.05) is 30.3 Å². The van der Waals surface area contributed by atoms with Gasteiger partial charge >= 0.3 is 0 Å². The molecule has 2 nitrogen and oxygen atoms in total. The number of amides is 1. The van der Waals surface area contributed by atoms with E-state index in [1.807, 2.05) is 30.3 Å². The highest BCUT2D eigenvalue weighted by Crippen LogP contribution is 2.00. The number of nitrogens with one attached hydrogen (secondary N) is 1. The van der Waals surface area contributed by atoms with E-state index in [9.17, 15) is 4.79 Å². The Kier molecular flexibility index (Phi) is 3.18. The van der Waals surface area contributed by atoms with Crippen molar-refractivity contribution in [1.82, 2.24) is 5.32 Å². The average molecular weight is 176 g/mol. The van der Waals surface area contributed by atoms with Crippen molar-refractivity contribution in [3.05, 3.63) is 42.0 Å². The normalized spacial score (nSPS) is 11.2. The SMILES string of the molecule is [2H]CCNC(=O)/C=C/c1ccccc1. The largest absolute Gasteiger partial charge is 0.353 e. The molecule has 13 heavy (non-hydrogen) atoms. The summed E-state index contributed by atoms with van der Waals surface area (Å²) in [5, 5.41) is 2.59. The maximum Gasteiger partial charge on any atom is 0.243 e. The van der Waals surface area contributed by atoms with Crippen molar-refractivity contribution in [3.63, 3.8) is 0 Å². The molecule has 0 spiro atoms. The summed E-state index contributed by atoms with van der Waals surface area (Å²) in [6.07, 6.45) is 3.23. The summed E-state index contributed by atoms with van der Waals surface area (Å²) >= 11 is 0. The van der Waals surface area contributed by atoms with E-state index in [-0.39, 0.29) is 12.8 Å². The van der Waals surface area contributed by atoms with Crippen LogP contribution in [0.2, 0.25) is 0 Å². The molecular formula is C11H13NO. The second kappa shape index (κ2) is 5.14. The third-order valence-electron chi connectivity index (χ3n) is 1.53. The summed E-state index contributed by atoms with van der Waals surface area (Å²) in [5.41, 5.74) is 0.994. The summed E-state index contributed by atoms with van der Waals surface area (Å²) in [6, 6.07) is 9.61. The van der Waals surface area contributed by atoms with Gasteiger partial charge < -0.3 is 5.32 Å². The first-order chi connectivity index (χ1) is 6.83. The van der Waals surface area contributed by atoms with Crippen molar-refractivity contribution in [1.29, 1.82) is 0 Å². The van der Waals surface area contributed by atoms with Crippen LogP contribution in [0.1, 0.15) is 13.8 Å². The highest BCUT2D eigenvalue weighted by molar-refractivity contribution is 5.91. The van der Waals surface area contributed by atoms with Gasteiger partial charge in [0.2, 0.25) is 5.91 Å². The Balaban J connectivity index is 2.44. The minimum absolute atomic E-state index is 0.152. The maximum absolute atomic E-state index is 11.1. The molecule has 2 heteroatoms. The summed E-state index contributed by atoms with van der Waals surface area (Å²) in [5.74, 6) is -0.152. The van der Waals surface area contributed by atoms with Crippen LogP contribution in [0.4, 0.5) is 0 Å². The number of likely N-dealkylation sites (N-methyl/N-ethyl adjacent to an activating group) is 1. The lowest BCUT2D eigenvalue weighted by Crippen LogP contribution is -2.19. The molecular weight excluding hydrogens is 162 g/mol. The molecule has 0 fully saturated rings. The molecule has 0 aromatic heterocycles. The van der Waals surface area contributed by atoms with Gasteiger partial charge in [-0.3, -0.25) is 4.79 Å². The van der Waals surface area contributed by atoms with Crippen molar-refractivity contribution in [3.8, 4) is 0 Å². The molecule has 1 amide bonds. The standard InChI is InChI=1S/C11H13NO/c1-2-12-11(13)9-8-10-6-4-3-5-7-10/h3-9H,2H2,1H3,(H,12,13)/b9-8+/i1D. The number of hydrogen-bond donors (Lipinski definition) is 1. The molecule has 1 N–H and O–H groups in total. The molecule has 0 bridgehead atoms. The van der Waals surface area contributed by atoms with Gasteiger partial charge in [-0.25, -0.2) is 0 Å². The van der Waals surface area contributed by atoms with Crippen LogP contribution < -0.4 is 5.32 Å². The minimum atomic E-state index is -0.152. The van der Waals surface area contributed by atoms with Crippen LogP contribution in [0.25, 0.3) is 6.08 Å². The zero-order valence-electron chi connectivity index (χ0n) is 8.36. The molecule has 0 aliphatic heterocycles. The van der Waals surface area contributed by atoms with Crippen LogP contribution in [0.15, 0.2) is 36.4 Å². The van der Waals surface area contributed by atoms with Gasteiger partial charge in [-0.2, -0.15) is 0 Å². The Hall–Kier alpha value is -1.57. The van der Waals surface area contributed by atoms with Crippen LogP contribution in [0.5, 0.6) is 0 Å². The second-order valence-electron chi connectivity index (χ2n) is 2.54. The fraction of sp³-hybridized carbons (Fsp3) is 0.182. The predicted octanol–water partition coefficient (Wildman–Crippen LogP) is 1.84. The van der Waals surface area contributed by atoms with E-state index in [0.717, 1.165) is 5.56 Å². The fourth-order valence-corrected chi connectivity index (χ4v) is 0.918. The summed E-state index contributed by atoms with van der Waals surface area (Å²) in [4.78, 5) is 11.1. The molecule has 0 atom stereocenters. The van der Waals surface area contributed by atoms with Crippen molar-refractivity contribution >= 4 is 12.0 Å². The molecule has 0 heterocycles. The first-order valence-corrected chi connectivity index (χ1v) is 4.13. The third-order valence-corrected chi connectivity index (χ3v) is 1.53. The third kappa shape index (κ3) is 3.56. The molecule has 1 aromatic rings.